The topological polar surface area (TPSA) is 122 Å². The number of carbonyl (C=O) groups is 1. The van der Waals surface area contributed by atoms with Crippen LogP contribution in [0.15, 0.2) is 18.3 Å². The molecule has 3 N–H and O–H groups in total. The number of pyridine rings is 1. The van der Waals surface area contributed by atoms with E-state index in [4.69, 9.17) is 5.21 Å². The fraction of sp³-hybridized carbons (Fsp3) is 0.385. The Bertz CT molecular complexity index is 710. The number of rotatable bonds is 6. The highest BCUT2D eigenvalue weighted by molar-refractivity contribution is 5.79. The van der Waals surface area contributed by atoms with Crippen LogP contribution in [-0.4, -0.2) is 32.0 Å². The molecule has 2 aromatic rings. The molecule has 0 fully saturated rings. The quantitative estimate of drug-likeness (QED) is 0.421. The van der Waals surface area contributed by atoms with Gasteiger partial charge in [0.2, 0.25) is 0 Å². The molecule has 0 aliphatic heterocycles. The fourth-order valence-electron chi connectivity index (χ4n) is 2.11. The third kappa shape index (κ3) is 3.31. The minimum atomic E-state index is -0.615. The maximum Gasteiger partial charge on any atom is 0.286 e. The highest BCUT2D eigenvalue weighted by Crippen LogP contribution is 2.23. The van der Waals surface area contributed by atoms with Crippen molar-refractivity contribution in [3.05, 3.63) is 34.1 Å². The molecule has 2 heterocycles. The second-order valence-corrected chi connectivity index (χ2v) is 5.27. The second kappa shape index (κ2) is 6.39. The van der Waals surface area contributed by atoms with Gasteiger partial charge in [-0.1, -0.05) is 13.8 Å². The molecule has 118 valence electrons. The molecule has 0 unspecified atom stereocenters. The van der Waals surface area contributed by atoms with Crippen molar-refractivity contribution in [3.63, 3.8) is 0 Å². The number of hydroxylamine groups is 1. The molecule has 0 saturated carbocycles. The van der Waals surface area contributed by atoms with Gasteiger partial charge in [0, 0.05) is 6.07 Å². The first-order chi connectivity index (χ1) is 10.4. The molecule has 0 aromatic carbocycles. The summed E-state index contributed by atoms with van der Waals surface area (Å²) < 4.78 is 1.54. The summed E-state index contributed by atoms with van der Waals surface area (Å²) in [5, 5.41) is 22.3. The number of anilines is 1. The van der Waals surface area contributed by atoms with Crippen LogP contribution in [0.1, 0.15) is 19.5 Å². The van der Waals surface area contributed by atoms with Gasteiger partial charge in [0.15, 0.2) is 0 Å². The van der Waals surface area contributed by atoms with Gasteiger partial charge in [-0.2, -0.15) is 0 Å². The number of carbonyl (C=O) groups excluding carboxylic acids is 1. The third-order valence-corrected chi connectivity index (χ3v) is 3.03. The molecule has 0 radical (unpaired) electrons. The molecule has 0 spiro atoms. The van der Waals surface area contributed by atoms with Gasteiger partial charge in [-0.15, -0.1) is 0 Å². The van der Waals surface area contributed by atoms with Gasteiger partial charge in [-0.3, -0.25) is 24.5 Å². The van der Waals surface area contributed by atoms with Gasteiger partial charge < -0.3 is 5.32 Å². The van der Waals surface area contributed by atoms with E-state index in [-0.39, 0.29) is 12.2 Å². The lowest BCUT2D eigenvalue weighted by molar-refractivity contribution is -0.385. The summed E-state index contributed by atoms with van der Waals surface area (Å²) in [6.07, 6.45) is 2.00. The summed E-state index contributed by atoms with van der Waals surface area (Å²) >= 11 is 0. The zero-order valence-electron chi connectivity index (χ0n) is 12.2. The van der Waals surface area contributed by atoms with E-state index in [1.54, 1.807) is 10.5 Å². The average Bonchev–Trinajstić information content (AvgIpc) is 2.80. The highest BCUT2D eigenvalue weighted by atomic mass is 16.6. The zero-order chi connectivity index (χ0) is 16.3. The van der Waals surface area contributed by atoms with Crippen molar-refractivity contribution in [3.8, 4) is 0 Å². The van der Waals surface area contributed by atoms with Crippen LogP contribution in [0.3, 0.4) is 0 Å². The van der Waals surface area contributed by atoms with Gasteiger partial charge in [0.1, 0.15) is 11.5 Å². The van der Waals surface area contributed by atoms with Gasteiger partial charge in [-0.05, 0) is 18.4 Å². The van der Waals surface area contributed by atoms with E-state index in [0.717, 1.165) is 0 Å². The van der Waals surface area contributed by atoms with E-state index in [1.807, 2.05) is 13.8 Å². The van der Waals surface area contributed by atoms with Gasteiger partial charge in [-0.25, -0.2) is 10.5 Å². The minimum Gasteiger partial charge on any atom is -0.360 e. The van der Waals surface area contributed by atoms with E-state index in [0.29, 0.717) is 29.5 Å². The lowest BCUT2D eigenvalue weighted by atomic mass is 10.1. The standard InChI is InChI=1S/C13H17N5O4/c1-8(2)5-10-13(14-6-12(19)16-20)17-7-9(18(21)22)3-4-11(17)15-10/h3-4,7-8,14,20H,5-6H2,1-2H3,(H,16,19). The van der Waals surface area contributed by atoms with Gasteiger partial charge >= 0.3 is 0 Å². The van der Waals surface area contributed by atoms with Crippen molar-refractivity contribution in [1.82, 2.24) is 14.9 Å². The number of aromatic nitrogens is 2. The number of nitrogens with one attached hydrogen (secondary N) is 2. The molecule has 0 atom stereocenters. The first kappa shape index (κ1) is 15.7. The van der Waals surface area contributed by atoms with Crippen LogP contribution in [0.5, 0.6) is 0 Å². The van der Waals surface area contributed by atoms with Crippen LogP contribution < -0.4 is 10.8 Å². The van der Waals surface area contributed by atoms with Crippen LogP contribution in [-0.2, 0) is 11.2 Å². The van der Waals surface area contributed by atoms with E-state index in [9.17, 15) is 14.9 Å². The Hall–Kier alpha value is -2.68. The highest BCUT2D eigenvalue weighted by Gasteiger charge is 2.17. The van der Waals surface area contributed by atoms with Crippen LogP contribution >= 0.6 is 0 Å². The molecule has 0 aliphatic carbocycles. The Kier molecular flexibility index (Phi) is 4.56. The molecule has 2 aromatic heterocycles. The lowest BCUT2D eigenvalue weighted by Gasteiger charge is -2.08. The summed E-state index contributed by atoms with van der Waals surface area (Å²) in [4.78, 5) is 26.0. The average molecular weight is 307 g/mol. The third-order valence-electron chi connectivity index (χ3n) is 3.03. The van der Waals surface area contributed by atoms with Crippen LogP contribution in [0.25, 0.3) is 5.65 Å². The predicted molar refractivity (Wildman–Crippen MR) is 78.8 cm³/mol. The maximum absolute atomic E-state index is 11.2. The van der Waals surface area contributed by atoms with Crippen LogP contribution in [0, 0.1) is 16.0 Å². The van der Waals surface area contributed by atoms with Crippen molar-refractivity contribution >= 4 is 23.1 Å². The number of hydrogen-bond donors (Lipinski definition) is 3. The Morgan fingerprint density at radius 3 is 2.82 bits per heavy atom. The fourth-order valence-corrected chi connectivity index (χ4v) is 2.11. The number of nitrogens with zero attached hydrogens (tertiary/aromatic N) is 3. The number of nitro groups is 1. The summed E-state index contributed by atoms with van der Waals surface area (Å²) in [7, 11) is 0. The lowest BCUT2D eigenvalue weighted by Crippen LogP contribution is -2.27. The minimum absolute atomic E-state index is 0.0735. The molecule has 22 heavy (non-hydrogen) atoms. The molecule has 9 heteroatoms. The first-order valence-corrected chi connectivity index (χ1v) is 6.74. The van der Waals surface area contributed by atoms with Gasteiger partial charge in [0.05, 0.1) is 23.4 Å². The van der Waals surface area contributed by atoms with Gasteiger partial charge in [0.25, 0.3) is 11.6 Å². The molecule has 2 rings (SSSR count). The summed E-state index contributed by atoms with van der Waals surface area (Å²) in [6.45, 7) is 3.88. The molecule has 1 amide bonds. The smallest absolute Gasteiger partial charge is 0.286 e. The molecular formula is C13H17N5O4. The van der Waals surface area contributed by atoms with Crippen LogP contribution in [0.4, 0.5) is 11.5 Å². The van der Waals surface area contributed by atoms with E-state index in [1.165, 1.54) is 17.7 Å². The monoisotopic (exact) mass is 307 g/mol. The molecule has 0 bridgehead atoms. The van der Waals surface area contributed by atoms with Crippen molar-refractivity contribution < 1.29 is 14.9 Å². The van der Waals surface area contributed by atoms with E-state index in [2.05, 4.69) is 10.3 Å². The molecule has 9 nitrogen and oxygen atoms in total. The SMILES string of the molecule is CC(C)Cc1nc2ccc([N+](=O)[O-])cn2c1NCC(=O)NO. The van der Waals surface area contributed by atoms with E-state index < -0.39 is 10.8 Å². The molecular weight excluding hydrogens is 290 g/mol. The summed E-state index contributed by atoms with van der Waals surface area (Å²) in [6, 6.07) is 2.94. The van der Waals surface area contributed by atoms with Crippen molar-refractivity contribution in [2.75, 3.05) is 11.9 Å². The summed E-state index contributed by atoms with van der Waals surface area (Å²) in [5.41, 5.74) is 2.71. The number of amides is 1. The Morgan fingerprint density at radius 2 is 2.23 bits per heavy atom. The predicted octanol–water partition coefficient (Wildman–Crippen LogP) is 1.36. The second-order valence-electron chi connectivity index (χ2n) is 5.27. The maximum atomic E-state index is 11.2. The van der Waals surface area contributed by atoms with Crippen molar-refractivity contribution in [1.29, 1.82) is 0 Å². The zero-order valence-corrected chi connectivity index (χ0v) is 12.2. The van der Waals surface area contributed by atoms with Crippen molar-refractivity contribution in [2.45, 2.75) is 20.3 Å². The Morgan fingerprint density at radius 1 is 1.50 bits per heavy atom. The number of hydrogen-bond acceptors (Lipinski definition) is 6. The number of fused-ring (bicyclic) bond motifs is 1. The Labute approximate surface area is 126 Å². The number of imidazole rings is 1. The first-order valence-electron chi connectivity index (χ1n) is 6.74. The largest absolute Gasteiger partial charge is 0.360 e. The van der Waals surface area contributed by atoms with Crippen LogP contribution in [0.2, 0.25) is 0 Å². The summed E-state index contributed by atoms with van der Waals surface area (Å²) in [5.74, 6) is 0.221. The normalized spacial score (nSPS) is 10.9. The van der Waals surface area contributed by atoms with E-state index >= 15 is 0 Å². The Balaban J connectivity index is 2.47. The molecule has 0 saturated heterocycles. The van der Waals surface area contributed by atoms with Crippen molar-refractivity contribution in [2.24, 2.45) is 5.92 Å². The molecule has 0 aliphatic rings.